The molecular weight excluding hydrogens is 495 g/mol. The van der Waals surface area contributed by atoms with Gasteiger partial charge in [0.25, 0.3) is 0 Å². The van der Waals surface area contributed by atoms with Crippen LogP contribution in [0.15, 0.2) is 70.9 Å². The number of halogens is 2. The fourth-order valence-corrected chi connectivity index (χ4v) is 4.73. The monoisotopic (exact) mass is 512 g/mol. The van der Waals surface area contributed by atoms with Crippen LogP contribution < -0.4 is 19.9 Å². The smallest absolute Gasteiger partial charge is 0.343 e. The van der Waals surface area contributed by atoms with Crippen molar-refractivity contribution in [2.45, 2.75) is 10.8 Å². The first-order valence-corrected chi connectivity index (χ1v) is 11.9. The van der Waals surface area contributed by atoms with Gasteiger partial charge in [-0.1, -0.05) is 41.4 Å². The molecule has 1 aliphatic rings. The Morgan fingerprint density at radius 1 is 1.12 bits per heavy atom. The van der Waals surface area contributed by atoms with Gasteiger partial charge >= 0.3 is 5.97 Å². The Bertz CT molecular complexity index is 1330. The summed E-state index contributed by atoms with van der Waals surface area (Å²) >= 11 is 13.9. The van der Waals surface area contributed by atoms with E-state index in [-0.39, 0.29) is 33.0 Å². The highest BCUT2D eigenvalue weighted by molar-refractivity contribution is 7.98. The number of carbonyl (C=O) groups is 1. The minimum atomic E-state index is -0.660. The van der Waals surface area contributed by atoms with Crippen LogP contribution in [-0.4, -0.2) is 19.3 Å². The number of hydrogen-bond acceptors (Lipinski definition) is 7. The molecule has 3 aromatic carbocycles. The van der Waals surface area contributed by atoms with Crippen LogP contribution in [0.4, 0.5) is 0 Å². The molecule has 4 rings (SSSR count). The second-order valence-electron chi connectivity index (χ2n) is 7.26. The van der Waals surface area contributed by atoms with Crippen molar-refractivity contribution in [3.63, 3.8) is 0 Å². The maximum absolute atomic E-state index is 12.7. The van der Waals surface area contributed by atoms with Gasteiger partial charge in [0.2, 0.25) is 5.88 Å². The second kappa shape index (κ2) is 9.90. The number of ether oxygens (including phenoxy) is 3. The summed E-state index contributed by atoms with van der Waals surface area (Å²) in [6.07, 6.45) is 1.99. The Morgan fingerprint density at radius 3 is 2.38 bits per heavy atom. The van der Waals surface area contributed by atoms with Gasteiger partial charge in [-0.3, -0.25) is 0 Å². The first kappa shape index (κ1) is 23.8. The molecule has 6 nitrogen and oxygen atoms in total. The summed E-state index contributed by atoms with van der Waals surface area (Å²) in [4.78, 5) is 13.8. The lowest BCUT2D eigenvalue weighted by atomic mass is 9.83. The standard InChI is InChI=1S/C25H18Cl2N2O4S/c1-31-23-19(26)9-14(10-20(23)27)25(30)32-15-5-8-17-21(11-15)33-24(29)18(12-28)22(17)13-3-6-16(34-2)7-4-13/h3-11,22H,29H2,1-2H3. The van der Waals surface area contributed by atoms with Gasteiger partial charge in [0, 0.05) is 16.5 Å². The van der Waals surface area contributed by atoms with E-state index in [1.54, 1.807) is 30.0 Å². The molecule has 2 N–H and O–H groups in total. The predicted molar refractivity (Wildman–Crippen MR) is 132 cm³/mol. The Labute approximate surface area is 210 Å². The molecular formula is C25H18Cl2N2O4S. The highest BCUT2D eigenvalue weighted by atomic mass is 35.5. The molecule has 3 aromatic rings. The molecule has 1 aliphatic heterocycles. The van der Waals surface area contributed by atoms with E-state index < -0.39 is 11.9 Å². The molecule has 0 amide bonds. The third kappa shape index (κ3) is 4.53. The van der Waals surface area contributed by atoms with Crippen LogP contribution in [0.3, 0.4) is 0 Å². The third-order valence-electron chi connectivity index (χ3n) is 5.29. The van der Waals surface area contributed by atoms with Crippen molar-refractivity contribution in [2.24, 2.45) is 5.73 Å². The van der Waals surface area contributed by atoms with Gasteiger partial charge in [0.1, 0.15) is 23.1 Å². The summed E-state index contributed by atoms with van der Waals surface area (Å²) in [5.41, 5.74) is 8.18. The predicted octanol–water partition coefficient (Wildman–Crippen LogP) is 6.16. The van der Waals surface area contributed by atoms with Crippen LogP contribution in [0, 0.1) is 11.3 Å². The van der Waals surface area contributed by atoms with Crippen molar-refractivity contribution in [3.05, 3.63) is 92.8 Å². The van der Waals surface area contributed by atoms with Gasteiger partial charge < -0.3 is 19.9 Å². The van der Waals surface area contributed by atoms with Gasteiger partial charge in [-0.15, -0.1) is 11.8 Å². The molecule has 172 valence electrons. The van der Waals surface area contributed by atoms with E-state index >= 15 is 0 Å². The number of nitrogens with two attached hydrogens (primary N) is 1. The molecule has 0 aromatic heterocycles. The van der Waals surface area contributed by atoms with Crippen LogP contribution >= 0.6 is 35.0 Å². The summed E-state index contributed by atoms with van der Waals surface area (Å²) in [6, 6.07) is 17.8. The molecule has 0 spiro atoms. The van der Waals surface area contributed by atoms with Crippen LogP contribution in [0.5, 0.6) is 17.2 Å². The molecule has 1 heterocycles. The van der Waals surface area contributed by atoms with Gasteiger partial charge in [-0.2, -0.15) is 5.26 Å². The summed E-state index contributed by atoms with van der Waals surface area (Å²) in [7, 11) is 1.43. The highest BCUT2D eigenvalue weighted by Crippen LogP contribution is 2.44. The lowest BCUT2D eigenvalue weighted by molar-refractivity contribution is 0.0734. The molecule has 0 bridgehead atoms. The van der Waals surface area contributed by atoms with Crippen molar-refractivity contribution < 1.29 is 19.0 Å². The molecule has 9 heteroatoms. The lowest BCUT2D eigenvalue weighted by Crippen LogP contribution is -2.21. The molecule has 0 fully saturated rings. The lowest BCUT2D eigenvalue weighted by Gasteiger charge is -2.26. The molecule has 0 aliphatic carbocycles. The van der Waals surface area contributed by atoms with Crippen molar-refractivity contribution in [3.8, 4) is 23.3 Å². The fraction of sp³-hybridized carbons (Fsp3) is 0.120. The minimum Gasteiger partial charge on any atom is -0.494 e. The molecule has 1 atom stereocenters. The average molecular weight is 513 g/mol. The topological polar surface area (TPSA) is 94.6 Å². The van der Waals surface area contributed by atoms with E-state index in [1.165, 1.54) is 19.2 Å². The number of nitriles is 1. The first-order valence-electron chi connectivity index (χ1n) is 9.97. The number of rotatable bonds is 5. The molecule has 0 radical (unpaired) electrons. The summed E-state index contributed by atoms with van der Waals surface area (Å²) in [6.45, 7) is 0. The normalized spacial score (nSPS) is 14.6. The van der Waals surface area contributed by atoms with Gasteiger partial charge in [-0.25, -0.2) is 4.79 Å². The minimum absolute atomic E-state index is 0.00568. The fourth-order valence-electron chi connectivity index (χ4n) is 3.68. The van der Waals surface area contributed by atoms with E-state index in [9.17, 15) is 10.1 Å². The second-order valence-corrected chi connectivity index (χ2v) is 8.95. The quantitative estimate of drug-likeness (QED) is 0.248. The molecule has 0 saturated heterocycles. The van der Waals surface area contributed by atoms with Crippen LogP contribution in [0.2, 0.25) is 10.0 Å². The Morgan fingerprint density at radius 2 is 1.79 bits per heavy atom. The number of hydrogen-bond donors (Lipinski definition) is 1. The zero-order valence-corrected chi connectivity index (χ0v) is 20.4. The molecule has 34 heavy (non-hydrogen) atoms. The number of methoxy groups -OCH3 is 1. The van der Waals surface area contributed by atoms with Crippen molar-refractivity contribution >= 4 is 40.9 Å². The zero-order chi connectivity index (χ0) is 24.4. The first-order chi connectivity index (χ1) is 16.4. The van der Waals surface area contributed by atoms with E-state index in [2.05, 4.69) is 6.07 Å². The Kier molecular flexibility index (Phi) is 6.94. The highest BCUT2D eigenvalue weighted by Gasteiger charge is 2.31. The number of carbonyl (C=O) groups excluding carboxylic acids is 1. The number of allylic oxidation sites excluding steroid dienone is 1. The van der Waals surface area contributed by atoms with Gasteiger partial charge in [-0.05, 0) is 42.2 Å². The van der Waals surface area contributed by atoms with Crippen LogP contribution in [0.25, 0.3) is 0 Å². The van der Waals surface area contributed by atoms with Crippen LogP contribution in [-0.2, 0) is 0 Å². The van der Waals surface area contributed by atoms with Gasteiger partial charge in [0.05, 0.1) is 28.6 Å². The van der Waals surface area contributed by atoms with Crippen LogP contribution in [0.1, 0.15) is 27.4 Å². The zero-order valence-electron chi connectivity index (χ0n) is 18.1. The summed E-state index contributed by atoms with van der Waals surface area (Å²) in [5, 5.41) is 10.1. The third-order valence-corrected chi connectivity index (χ3v) is 6.59. The largest absolute Gasteiger partial charge is 0.494 e. The van der Waals surface area contributed by atoms with E-state index in [4.69, 9.17) is 43.1 Å². The van der Waals surface area contributed by atoms with E-state index in [1.807, 2.05) is 30.5 Å². The van der Waals surface area contributed by atoms with Crippen molar-refractivity contribution in [2.75, 3.05) is 13.4 Å². The summed E-state index contributed by atoms with van der Waals surface area (Å²) < 4.78 is 16.3. The van der Waals surface area contributed by atoms with E-state index in [0.29, 0.717) is 11.3 Å². The SMILES string of the molecule is COc1c(Cl)cc(C(=O)Oc2ccc3c(c2)OC(N)=C(C#N)C3c2ccc(SC)cc2)cc1Cl. The molecule has 1 unspecified atom stereocenters. The maximum atomic E-state index is 12.7. The Hall–Kier alpha value is -3.31. The Balaban J connectivity index is 1.66. The maximum Gasteiger partial charge on any atom is 0.343 e. The van der Waals surface area contributed by atoms with Crippen molar-refractivity contribution in [1.29, 1.82) is 5.26 Å². The average Bonchev–Trinajstić information content (AvgIpc) is 2.83. The van der Waals surface area contributed by atoms with Gasteiger partial charge in [0.15, 0.2) is 5.75 Å². The number of nitrogens with zero attached hydrogens (tertiary/aromatic N) is 1. The molecule has 0 saturated carbocycles. The number of thioether (sulfide) groups is 1. The number of esters is 1. The number of benzene rings is 3. The van der Waals surface area contributed by atoms with E-state index in [0.717, 1.165) is 16.0 Å². The van der Waals surface area contributed by atoms with Crippen molar-refractivity contribution in [1.82, 2.24) is 0 Å². The summed E-state index contributed by atoms with van der Waals surface area (Å²) in [5.74, 6) is -0.162. The number of fused-ring (bicyclic) bond motifs is 1.